The lowest BCUT2D eigenvalue weighted by atomic mass is 10.3. The van der Waals surface area contributed by atoms with Crippen LogP contribution in [-0.4, -0.2) is 13.3 Å². The van der Waals surface area contributed by atoms with Crippen LogP contribution < -0.4 is 10.7 Å². The van der Waals surface area contributed by atoms with Gasteiger partial charge in [0, 0.05) is 6.07 Å². The predicted molar refractivity (Wildman–Crippen MR) is 47.6 cm³/mol. The molecule has 0 atom stereocenters. The summed E-state index contributed by atoms with van der Waals surface area (Å²) < 4.78 is 35.0. The topological polar surface area (TPSA) is 115 Å². The van der Waals surface area contributed by atoms with E-state index in [0.717, 1.165) is 6.07 Å². The minimum atomic E-state index is -4.01. The van der Waals surface area contributed by atoms with E-state index in [-0.39, 0.29) is 0 Å². The molecule has 0 saturated heterocycles. The first-order valence-electron chi connectivity index (χ1n) is 3.55. The Morgan fingerprint density at radius 3 is 2.53 bits per heavy atom. The maximum Gasteiger partial charge on any atom is 0.306 e. The number of hydrazine groups is 1. The van der Waals surface area contributed by atoms with E-state index in [2.05, 4.69) is 0 Å². The number of nitrogens with zero attached hydrogens (tertiary/aromatic N) is 1. The van der Waals surface area contributed by atoms with E-state index in [1.54, 1.807) is 0 Å². The summed E-state index contributed by atoms with van der Waals surface area (Å²) in [6.07, 6.45) is 0. The highest BCUT2D eigenvalue weighted by atomic mass is 32.2. The Hall–Kier alpha value is -1.58. The second-order valence-electron chi connectivity index (χ2n) is 2.49. The summed E-state index contributed by atoms with van der Waals surface area (Å²) in [4.78, 5) is 10.3. The van der Waals surface area contributed by atoms with E-state index in [1.807, 2.05) is 0 Å². The molecule has 0 fully saturated rings. The van der Waals surface area contributed by atoms with Gasteiger partial charge >= 0.3 is 5.69 Å². The van der Waals surface area contributed by atoms with E-state index in [0.29, 0.717) is 12.1 Å². The number of hydrogen-bond donors (Lipinski definition) is 2. The molecule has 0 aliphatic heterocycles. The maximum absolute atomic E-state index is 12.8. The van der Waals surface area contributed by atoms with Crippen molar-refractivity contribution < 1.29 is 17.7 Å². The standard InChI is InChI=1S/C6H6FN3O4S/c7-5-2-1-4(15(13,14)9-8)3-6(5)10(11)12/h1-3,9H,8H2. The molecule has 0 bridgehead atoms. The highest BCUT2D eigenvalue weighted by Crippen LogP contribution is 2.20. The lowest BCUT2D eigenvalue weighted by molar-refractivity contribution is -0.387. The number of nitrogens with two attached hydrogens (primary N) is 1. The van der Waals surface area contributed by atoms with Gasteiger partial charge in [-0.1, -0.05) is 0 Å². The third kappa shape index (κ3) is 2.26. The van der Waals surface area contributed by atoms with Gasteiger partial charge in [-0.05, 0) is 12.1 Å². The zero-order valence-corrected chi connectivity index (χ0v) is 7.99. The molecule has 7 nitrogen and oxygen atoms in total. The monoisotopic (exact) mass is 235 g/mol. The zero-order chi connectivity index (χ0) is 11.6. The molecule has 0 aliphatic rings. The van der Waals surface area contributed by atoms with Crippen LogP contribution in [0.1, 0.15) is 0 Å². The number of benzene rings is 1. The van der Waals surface area contributed by atoms with Crippen molar-refractivity contribution in [2.45, 2.75) is 4.90 Å². The lowest BCUT2D eigenvalue weighted by Gasteiger charge is -2.01. The normalized spacial score (nSPS) is 11.3. The van der Waals surface area contributed by atoms with Gasteiger partial charge < -0.3 is 0 Å². The Bertz CT molecular complexity index is 501. The fraction of sp³-hybridized carbons (Fsp3) is 0. The molecule has 3 N–H and O–H groups in total. The smallest absolute Gasteiger partial charge is 0.258 e. The van der Waals surface area contributed by atoms with Gasteiger partial charge in [0.25, 0.3) is 10.0 Å². The van der Waals surface area contributed by atoms with Crippen molar-refractivity contribution in [3.8, 4) is 0 Å². The number of nitro groups is 1. The second-order valence-corrected chi connectivity index (χ2v) is 4.21. The van der Waals surface area contributed by atoms with Gasteiger partial charge in [0.15, 0.2) is 0 Å². The van der Waals surface area contributed by atoms with E-state index in [9.17, 15) is 22.9 Å². The first-order valence-corrected chi connectivity index (χ1v) is 5.03. The quantitative estimate of drug-likeness (QED) is 0.430. The summed E-state index contributed by atoms with van der Waals surface area (Å²) in [6, 6.07) is 2.14. The summed E-state index contributed by atoms with van der Waals surface area (Å²) in [5.74, 6) is 3.59. The van der Waals surface area contributed by atoms with Crippen LogP contribution >= 0.6 is 0 Å². The molecule has 9 heteroatoms. The van der Waals surface area contributed by atoms with Crippen LogP contribution in [0.4, 0.5) is 10.1 Å². The molecule has 0 aromatic heterocycles. The van der Waals surface area contributed by atoms with E-state index < -0.39 is 31.3 Å². The minimum absolute atomic E-state index is 0.474. The predicted octanol–water partition coefficient (Wildman–Crippen LogP) is -0.114. The first kappa shape index (κ1) is 11.5. The van der Waals surface area contributed by atoms with Crippen molar-refractivity contribution in [1.82, 2.24) is 4.83 Å². The fourth-order valence-electron chi connectivity index (χ4n) is 0.868. The number of halogens is 1. The summed E-state index contributed by atoms with van der Waals surface area (Å²) in [5.41, 5.74) is -0.925. The van der Waals surface area contributed by atoms with Gasteiger partial charge in [-0.3, -0.25) is 16.0 Å². The highest BCUT2D eigenvalue weighted by molar-refractivity contribution is 7.89. The van der Waals surface area contributed by atoms with Crippen LogP contribution in [0.5, 0.6) is 0 Å². The molecule has 1 aromatic rings. The van der Waals surface area contributed by atoms with Gasteiger partial charge in [0.1, 0.15) is 0 Å². The van der Waals surface area contributed by atoms with Crippen molar-refractivity contribution in [2.24, 2.45) is 5.84 Å². The third-order valence-corrected chi connectivity index (χ3v) is 2.76. The molecule has 0 spiro atoms. The Kier molecular flexibility index (Phi) is 2.98. The number of nitro benzene ring substituents is 1. The number of rotatable bonds is 3. The Labute approximate surface area is 83.9 Å². The molecule has 0 saturated carbocycles. The number of nitrogens with one attached hydrogen (secondary N) is 1. The van der Waals surface area contributed by atoms with Crippen molar-refractivity contribution in [2.75, 3.05) is 0 Å². The van der Waals surface area contributed by atoms with Crippen LogP contribution in [0, 0.1) is 15.9 Å². The van der Waals surface area contributed by atoms with Crippen LogP contribution in [-0.2, 0) is 10.0 Å². The molecule has 15 heavy (non-hydrogen) atoms. The summed E-state index contributed by atoms with van der Waals surface area (Å²) in [7, 11) is -4.01. The van der Waals surface area contributed by atoms with E-state index in [4.69, 9.17) is 5.84 Å². The lowest BCUT2D eigenvalue weighted by Crippen LogP contribution is -2.30. The van der Waals surface area contributed by atoms with Gasteiger partial charge in [0.2, 0.25) is 5.82 Å². The average Bonchev–Trinajstić information content (AvgIpc) is 2.17. The van der Waals surface area contributed by atoms with Gasteiger partial charge in [-0.15, -0.1) is 0 Å². The first-order chi connectivity index (χ1) is 6.88. The van der Waals surface area contributed by atoms with Gasteiger partial charge in [0.05, 0.1) is 9.82 Å². The fourth-order valence-corrected chi connectivity index (χ4v) is 1.52. The van der Waals surface area contributed by atoms with Crippen LogP contribution in [0.2, 0.25) is 0 Å². The van der Waals surface area contributed by atoms with Crippen LogP contribution in [0.15, 0.2) is 23.1 Å². The molecule has 1 rings (SSSR count). The Morgan fingerprint density at radius 2 is 2.07 bits per heavy atom. The maximum atomic E-state index is 12.8. The minimum Gasteiger partial charge on any atom is -0.258 e. The Morgan fingerprint density at radius 1 is 1.47 bits per heavy atom. The van der Waals surface area contributed by atoms with Crippen molar-refractivity contribution >= 4 is 15.7 Å². The van der Waals surface area contributed by atoms with Gasteiger partial charge in [-0.2, -0.15) is 9.22 Å². The molecule has 82 valence electrons. The molecule has 1 aromatic carbocycles. The number of hydrogen-bond acceptors (Lipinski definition) is 5. The highest BCUT2D eigenvalue weighted by Gasteiger charge is 2.20. The summed E-state index contributed by atoms with van der Waals surface area (Å²) >= 11 is 0. The van der Waals surface area contributed by atoms with E-state index >= 15 is 0 Å². The molecule has 0 unspecified atom stereocenters. The summed E-state index contributed by atoms with van der Waals surface area (Å²) in [6.45, 7) is 0. The molecule has 0 radical (unpaired) electrons. The molecule has 0 aliphatic carbocycles. The largest absolute Gasteiger partial charge is 0.306 e. The molecule has 0 heterocycles. The zero-order valence-electron chi connectivity index (χ0n) is 7.18. The molecular weight excluding hydrogens is 229 g/mol. The van der Waals surface area contributed by atoms with Crippen molar-refractivity contribution in [3.05, 3.63) is 34.1 Å². The van der Waals surface area contributed by atoms with E-state index in [1.165, 1.54) is 4.83 Å². The molecule has 0 amide bonds. The Balaban J connectivity index is 3.38. The number of sulfonamides is 1. The average molecular weight is 235 g/mol. The summed E-state index contributed by atoms with van der Waals surface area (Å²) in [5, 5.41) is 10.3. The van der Waals surface area contributed by atoms with Gasteiger partial charge in [-0.25, -0.2) is 8.42 Å². The SMILES string of the molecule is NNS(=O)(=O)c1ccc(F)c([N+](=O)[O-])c1. The van der Waals surface area contributed by atoms with Crippen LogP contribution in [0.3, 0.4) is 0 Å². The second kappa shape index (κ2) is 3.88. The van der Waals surface area contributed by atoms with Crippen LogP contribution in [0.25, 0.3) is 0 Å². The van der Waals surface area contributed by atoms with Crippen molar-refractivity contribution in [1.29, 1.82) is 0 Å². The third-order valence-electron chi connectivity index (χ3n) is 1.58. The van der Waals surface area contributed by atoms with Crippen molar-refractivity contribution in [3.63, 3.8) is 0 Å². The molecular formula is C6H6FN3O4S.